The van der Waals surface area contributed by atoms with Gasteiger partial charge in [-0.3, -0.25) is 9.59 Å². The summed E-state index contributed by atoms with van der Waals surface area (Å²) in [5.74, 6) is 0.146. The zero-order valence-electron chi connectivity index (χ0n) is 12.7. The van der Waals surface area contributed by atoms with Crippen LogP contribution >= 0.6 is 12.4 Å². The number of carbonyl (C=O) groups excluding carboxylic acids is 2. The van der Waals surface area contributed by atoms with Gasteiger partial charge in [-0.15, -0.1) is 12.4 Å². The molecule has 0 radical (unpaired) electrons. The molecule has 118 valence electrons. The lowest BCUT2D eigenvalue weighted by atomic mass is 10.0. The molecule has 1 rings (SSSR count). The van der Waals surface area contributed by atoms with Gasteiger partial charge in [0, 0.05) is 17.8 Å². The van der Waals surface area contributed by atoms with Crippen LogP contribution in [0.1, 0.15) is 33.6 Å². The van der Waals surface area contributed by atoms with Gasteiger partial charge in [0.1, 0.15) is 0 Å². The van der Waals surface area contributed by atoms with Crippen molar-refractivity contribution in [2.24, 2.45) is 11.7 Å². The van der Waals surface area contributed by atoms with Gasteiger partial charge in [-0.05, 0) is 36.6 Å². The van der Waals surface area contributed by atoms with Crippen molar-refractivity contribution < 1.29 is 9.59 Å². The number of nitrogens with two attached hydrogens (primary N) is 1. The Labute approximate surface area is 132 Å². The molecule has 1 aromatic carbocycles. The molecule has 1 atom stereocenters. The predicted molar refractivity (Wildman–Crippen MR) is 88.7 cm³/mol. The first kappa shape index (κ1) is 19.4. The van der Waals surface area contributed by atoms with E-state index in [1.54, 1.807) is 31.2 Å². The summed E-state index contributed by atoms with van der Waals surface area (Å²) in [6, 6.07) is 6.47. The highest BCUT2D eigenvalue weighted by atomic mass is 35.5. The van der Waals surface area contributed by atoms with E-state index in [0.717, 1.165) is 0 Å². The van der Waals surface area contributed by atoms with Crippen LogP contribution in [0.2, 0.25) is 0 Å². The molecule has 0 fully saturated rings. The summed E-state index contributed by atoms with van der Waals surface area (Å²) >= 11 is 0. The fourth-order valence-electron chi connectivity index (χ4n) is 1.74. The Morgan fingerprint density at radius 2 is 1.57 bits per heavy atom. The van der Waals surface area contributed by atoms with Gasteiger partial charge in [-0.25, -0.2) is 0 Å². The van der Waals surface area contributed by atoms with Crippen molar-refractivity contribution in [2.75, 3.05) is 10.6 Å². The molecule has 0 aromatic heterocycles. The standard InChI is InChI=1S/C15H23N3O2.ClH/c1-4-14(19)17-11-5-7-12(8-6-11)18-15(20)13(16)9-10(2)3;/h5-8,10,13H,4,9,16H2,1-3H3,(H,17,19)(H,18,20);1H/t13-;/m0./s1. The Morgan fingerprint density at radius 3 is 2.00 bits per heavy atom. The molecule has 0 heterocycles. The van der Waals surface area contributed by atoms with E-state index in [1.165, 1.54) is 0 Å². The molecule has 0 unspecified atom stereocenters. The Kier molecular flexibility index (Phi) is 8.66. The molecule has 0 saturated heterocycles. The first-order valence-electron chi connectivity index (χ1n) is 6.88. The summed E-state index contributed by atoms with van der Waals surface area (Å²) in [7, 11) is 0. The quantitative estimate of drug-likeness (QED) is 0.755. The van der Waals surface area contributed by atoms with Crippen LogP contribution in [0.5, 0.6) is 0 Å². The monoisotopic (exact) mass is 313 g/mol. The molecule has 0 spiro atoms. The number of anilines is 2. The summed E-state index contributed by atoms with van der Waals surface area (Å²) in [4.78, 5) is 23.1. The van der Waals surface area contributed by atoms with Crippen molar-refractivity contribution >= 4 is 35.6 Å². The van der Waals surface area contributed by atoms with E-state index in [2.05, 4.69) is 10.6 Å². The third-order valence-electron chi connectivity index (χ3n) is 2.82. The van der Waals surface area contributed by atoms with E-state index in [9.17, 15) is 9.59 Å². The normalized spacial score (nSPS) is 11.5. The van der Waals surface area contributed by atoms with Gasteiger partial charge in [-0.1, -0.05) is 20.8 Å². The van der Waals surface area contributed by atoms with Crippen LogP contribution in [0.15, 0.2) is 24.3 Å². The highest BCUT2D eigenvalue weighted by molar-refractivity contribution is 5.95. The Balaban J connectivity index is 0.00000400. The molecule has 0 aliphatic heterocycles. The highest BCUT2D eigenvalue weighted by Gasteiger charge is 2.14. The molecule has 0 saturated carbocycles. The van der Waals surface area contributed by atoms with Gasteiger partial charge in [0.2, 0.25) is 11.8 Å². The van der Waals surface area contributed by atoms with E-state index in [0.29, 0.717) is 30.1 Å². The minimum atomic E-state index is -0.505. The molecular weight excluding hydrogens is 290 g/mol. The number of halogens is 1. The van der Waals surface area contributed by atoms with Crippen molar-refractivity contribution in [3.8, 4) is 0 Å². The van der Waals surface area contributed by atoms with Crippen LogP contribution < -0.4 is 16.4 Å². The number of rotatable bonds is 6. The van der Waals surface area contributed by atoms with E-state index in [1.807, 2.05) is 13.8 Å². The minimum absolute atomic E-state index is 0. The molecule has 0 aliphatic rings. The zero-order chi connectivity index (χ0) is 15.1. The van der Waals surface area contributed by atoms with Crippen molar-refractivity contribution in [1.82, 2.24) is 0 Å². The summed E-state index contributed by atoms with van der Waals surface area (Å²) in [5, 5.41) is 5.51. The van der Waals surface area contributed by atoms with E-state index >= 15 is 0 Å². The Hall–Kier alpha value is -1.59. The lowest BCUT2D eigenvalue weighted by Gasteiger charge is -2.14. The SMILES string of the molecule is CCC(=O)Nc1ccc(NC(=O)[C@@H](N)CC(C)C)cc1.Cl. The molecular formula is C15H24ClN3O2. The van der Waals surface area contributed by atoms with Gasteiger partial charge in [0.05, 0.1) is 6.04 Å². The molecule has 4 N–H and O–H groups in total. The third kappa shape index (κ3) is 7.11. The molecule has 2 amide bonds. The van der Waals surface area contributed by atoms with Crippen molar-refractivity contribution in [2.45, 2.75) is 39.7 Å². The topological polar surface area (TPSA) is 84.2 Å². The predicted octanol–water partition coefficient (Wildman–Crippen LogP) is 2.77. The Morgan fingerprint density at radius 1 is 1.10 bits per heavy atom. The third-order valence-corrected chi connectivity index (χ3v) is 2.82. The summed E-state index contributed by atoms with van der Waals surface area (Å²) in [5.41, 5.74) is 7.19. The van der Waals surface area contributed by atoms with Crippen LogP contribution in [0.4, 0.5) is 11.4 Å². The highest BCUT2D eigenvalue weighted by Crippen LogP contribution is 2.14. The maximum atomic E-state index is 11.9. The van der Waals surface area contributed by atoms with Gasteiger partial charge in [0.15, 0.2) is 0 Å². The number of hydrogen-bond acceptors (Lipinski definition) is 3. The summed E-state index contributed by atoms with van der Waals surface area (Å²) in [6.07, 6.45) is 1.08. The number of nitrogens with one attached hydrogen (secondary N) is 2. The average Bonchev–Trinajstić information content (AvgIpc) is 2.40. The minimum Gasteiger partial charge on any atom is -0.326 e. The van der Waals surface area contributed by atoms with Gasteiger partial charge in [-0.2, -0.15) is 0 Å². The largest absolute Gasteiger partial charge is 0.326 e. The van der Waals surface area contributed by atoms with Crippen LogP contribution in [-0.2, 0) is 9.59 Å². The number of carbonyl (C=O) groups is 2. The van der Waals surface area contributed by atoms with E-state index in [4.69, 9.17) is 5.73 Å². The first-order chi connectivity index (χ1) is 9.42. The molecule has 1 aromatic rings. The first-order valence-corrected chi connectivity index (χ1v) is 6.88. The van der Waals surface area contributed by atoms with Crippen molar-refractivity contribution in [3.05, 3.63) is 24.3 Å². The zero-order valence-corrected chi connectivity index (χ0v) is 13.5. The molecule has 0 bridgehead atoms. The fraction of sp³-hybridized carbons (Fsp3) is 0.467. The molecule has 0 aliphatic carbocycles. The van der Waals surface area contributed by atoms with E-state index in [-0.39, 0.29) is 24.2 Å². The maximum absolute atomic E-state index is 11.9. The Bertz CT molecular complexity index is 460. The number of amides is 2. The second-order valence-electron chi connectivity index (χ2n) is 5.20. The maximum Gasteiger partial charge on any atom is 0.241 e. The van der Waals surface area contributed by atoms with Gasteiger partial charge in [0.25, 0.3) is 0 Å². The summed E-state index contributed by atoms with van der Waals surface area (Å²) in [6.45, 7) is 5.84. The van der Waals surface area contributed by atoms with E-state index < -0.39 is 6.04 Å². The molecule has 21 heavy (non-hydrogen) atoms. The average molecular weight is 314 g/mol. The second kappa shape index (κ2) is 9.37. The van der Waals surface area contributed by atoms with Crippen LogP contribution in [0.25, 0.3) is 0 Å². The van der Waals surface area contributed by atoms with Crippen LogP contribution in [-0.4, -0.2) is 17.9 Å². The summed E-state index contributed by atoms with van der Waals surface area (Å²) < 4.78 is 0. The molecule has 6 heteroatoms. The van der Waals surface area contributed by atoms with Crippen molar-refractivity contribution in [1.29, 1.82) is 0 Å². The fourth-order valence-corrected chi connectivity index (χ4v) is 1.74. The van der Waals surface area contributed by atoms with Gasteiger partial charge < -0.3 is 16.4 Å². The lowest BCUT2D eigenvalue weighted by molar-refractivity contribution is -0.118. The smallest absolute Gasteiger partial charge is 0.241 e. The second-order valence-corrected chi connectivity index (χ2v) is 5.20. The van der Waals surface area contributed by atoms with Gasteiger partial charge >= 0.3 is 0 Å². The van der Waals surface area contributed by atoms with Crippen LogP contribution in [0.3, 0.4) is 0 Å². The number of hydrogen-bond donors (Lipinski definition) is 3. The molecule has 5 nitrogen and oxygen atoms in total. The number of benzene rings is 1. The van der Waals surface area contributed by atoms with Crippen LogP contribution in [0, 0.1) is 5.92 Å². The lowest BCUT2D eigenvalue weighted by Crippen LogP contribution is -2.36. The van der Waals surface area contributed by atoms with Crippen molar-refractivity contribution in [3.63, 3.8) is 0 Å².